The van der Waals surface area contributed by atoms with Gasteiger partial charge in [0.25, 0.3) is 0 Å². The average Bonchev–Trinajstić information content (AvgIpc) is 2.73. The van der Waals surface area contributed by atoms with Gasteiger partial charge in [-0.25, -0.2) is 0 Å². The van der Waals surface area contributed by atoms with Crippen molar-refractivity contribution in [3.05, 3.63) is 60.5 Å². The predicted octanol–water partition coefficient (Wildman–Crippen LogP) is 4.22. The van der Waals surface area contributed by atoms with Crippen LogP contribution in [0, 0.1) is 6.42 Å². The minimum atomic E-state index is -0.972. The summed E-state index contributed by atoms with van der Waals surface area (Å²) in [5.74, 6) is 0. The first-order valence-electron chi connectivity index (χ1n) is 4.12. The molecule has 0 spiro atoms. The Bertz CT molecular complexity index is 317. The predicted molar refractivity (Wildman–Crippen MR) is 59.6 cm³/mol. The van der Waals surface area contributed by atoms with Gasteiger partial charge in [0.05, 0.1) is 0 Å². The molecule has 0 amide bonds. The van der Waals surface area contributed by atoms with E-state index in [0.717, 1.165) is 0 Å². The summed E-state index contributed by atoms with van der Waals surface area (Å²) in [6, 6.07) is 10.4. The number of halogens is 2. The van der Waals surface area contributed by atoms with Gasteiger partial charge >= 0.3 is 37.7 Å². The van der Waals surface area contributed by atoms with Crippen LogP contribution in [0.15, 0.2) is 48.6 Å². The maximum absolute atomic E-state index is 4.96. The van der Waals surface area contributed by atoms with Crippen LogP contribution < -0.4 is 0 Å². The van der Waals surface area contributed by atoms with Gasteiger partial charge in [0.2, 0.25) is 0 Å². The molecule has 3 heteroatoms. The standard InChI is InChI=1S/C11H9.2ClH.Hf/c1-2-6-10(7-3-1)11-8-4-5-9-11;;;/h1-9H;2*1H;/q;;;+2/p-2. The van der Waals surface area contributed by atoms with E-state index in [1.165, 1.54) is 11.1 Å². The van der Waals surface area contributed by atoms with Crippen LogP contribution in [0.1, 0.15) is 5.56 Å². The number of allylic oxidation sites excluding steroid dienone is 4. The van der Waals surface area contributed by atoms with Gasteiger partial charge in [0.1, 0.15) is 0 Å². The first kappa shape index (κ1) is 12.2. The molecule has 1 aliphatic rings. The molecule has 71 valence electrons. The van der Waals surface area contributed by atoms with Crippen LogP contribution in [0.3, 0.4) is 0 Å². The molecule has 0 bridgehead atoms. The molecular weight excluding hydrogens is 382 g/mol. The van der Waals surface area contributed by atoms with Gasteiger partial charge in [-0.05, 0) is 11.1 Å². The normalized spacial score (nSPS) is 12.9. The van der Waals surface area contributed by atoms with Gasteiger partial charge in [-0.1, -0.05) is 48.6 Å². The van der Waals surface area contributed by atoms with E-state index in [4.69, 9.17) is 17.2 Å². The zero-order valence-corrected chi connectivity index (χ0v) is 12.6. The molecule has 0 aliphatic heterocycles. The van der Waals surface area contributed by atoms with Crippen LogP contribution in [0.25, 0.3) is 5.57 Å². The van der Waals surface area contributed by atoms with Gasteiger partial charge in [0, 0.05) is 6.42 Å². The Morgan fingerprint density at radius 2 is 1.64 bits per heavy atom. The van der Waals surface area contributed by atoms with Crippen molar-refractivity contribution in [2.75, 3.05) is 0 Å². The van der Waals surface area contributed by atoms with Crippen LogP contribution in [0.2, 0.25) is 0 Å². The molecule has 0 fully saturated rings. The van der Waals surface area contributed by atoms with Crippen LogP contribution in [0.4, 0.5) is 0 Å². The van der Waals surface area contributed by atoms with E-state index in [9.17, 15) is 0 Å². The number of hydrogen-bond donors (Lipinski definition) is 0. The first-order chi connectivity index (χ1) is 6.88. The van der Waals surface area contributed by atoms with E-state index < -0.39 is 20.5 Å². The van der Waals surface area contributed by atoms with Crippen LogP contribution in [-0.2, 0) is 20.5 Å². The number of rotatable bonds is 1. The molecule has 1 aromatic carbocycles. The molecule has 1 aliphatic carbocycles. The molecule has 0 N–H and O–H groups in total. The monoisotopic (exact) mass is 391 g/mol. The molecule has 1 radical (unpaired) electrons. The molecule has 0 saturated carbocycles. The Balaban J connectivity index is 0.000000293. The zero-order valence-electron chi connectivity index (χ0n) is 7.45. The SMILES string of the molecule is [CH]1C=CC(c2ccccc2)=C1.[Cl][Hf][Cl]. The summed E-state index contributed by atoms with van der Waals surface area (Å²) >= 11 is -0.972. The fourth-order valence-electron chi connectivity index (χ4n) is 1.20. The van der Waals surface area contributed by atoms with Crippen molar-refractivity contribution in [2.24, 2.45) is 0 Å². The second kappa shape index (κ2) is 7.44. The molecule has 2 rings (SSSR count). The van der Waals surface area contributed by atoms with E-state index >= 15 is 0 Å². The van der Waals surface area contributed by atoms with E-state index in [-0.39, 0.29) is 0 Å². The summed E-state index contributed by atoms with van der Waals surface area (Å²) < 4.78 is 0. The van der Waals surface area contributed by atoms with Crippen molar-refractivity contribution in [3.8, 4) is 0 Å². The Labute approximate surface area is 103 Å². The summed E-state index contributed by atoms with van der Waals surface area (Å²) in [6.45, 7) is 0. The molecule has 0 aromatic heterocycles. The quantitative estimate of drug-likeness (QED) is 0.630. The molecule has 1 aromatic rings. The molecule has 0 saturated heterocycles. The number of benzene rings is 1. The van der Waals surface area contributed by atoms with Gasteiger partial charge in [-0.3, -0.25) is 0 Å². The van der Waals surface area contributed by atoms with Crippen molar-refractivity contribution in [2.45, 2.75) is 0 Å². The first-order valence-corrected chi connectivity index (χ1v) is 13.0. The van der Waals surface area contributed by atoms with Crippen LogP contribution in [0.5, 0.6) is 0 Å². The molecule has 0 atom stereocenters. The molecule has 14 heavy (non-hydrogen) atoms. The molecule has 0 nitrogen and oxygen atoms in total. The Kier molecular flexibility index (Phi) is 6.50. The van der Waals surface area contributed by atoms with Crippen molar-refractivity contribution >= 4 is 22.7 Å². The summed E-state index contributed by atoms with van der Waals surface area (Å²) in [6.07, 6.45) is 8.36. The molecule has 0 unspecified atom stereocenters. The Morgan fingerprint density at radius 3 is 2.14 bits per heavy atom. The van der Waals surface area contributed by atoms with E-state index in [1.807, 2.05) is 6.07 Å². The summed E-state index contributed by atoms with van der Waals surface area (Å²) in [5, 5.41) is 0. The summed E-state index contributed by atoms with van der Waals surface area (Å²) in [5.41, 5.74) is 2.59. The summed E-state index contributed by atoms with van der Waals surface area (Å²) in [4.78, 5) is 0. The Hall–Kier alpha value is 0.150. The maximum atomic E-state index is 4.96. The molecular formula is C11H9Cl2Hf. The van der Waals surface area contributed by atoms with E-state index in [1.54, 1.807) is 0 Å². The van der Waals surface area contributed by atoms with Gasteiger partial charge in [-0.15, -0.1) is 0 Å². The topological polar surface area (TPSA) is 0 Å². The third-order valence-corrected chi connectivity index (χ3v) is 1.77. The fraction of sp³-hybridized carbons (Fsp3) is 0. The summed E-state index contributed by atoms with van der Waals surface area (Å²) in [7, 11) is 9.92. The van der Waals surface area contributed by atoms with Crippen molar-refractivity contribution in [1.29, 1.82) is 0 Å². The van der Waals surface area contributed by atoms with Gasteiger partial charge in [-0.2, -0.15) is 0 Å². The number of hydrogen-bond acceptors (Lipinski definition) is 0. The second-order valence-corrected chi connectivity index (χ2v) is 7.80. The van der Waals surface area contributed by atoms with Gasteiger partial charge in [0.15, 0.2) is 0 Å². The average molecular weight is 391 g/mol. The Morgan fingerprint density at radius 1 is 1.00 bits per heavy atom. The third kappa shape index (κ3) is 4.12. The van der Waals surface area contributed by atoms with Crippen LogP contribution in [-0.4, -0.2) is 0 Å². The zero-order chi connectivity index (χ0) is 10.2. The van der Waals surface area contributed by atoms with Gasteiger partial charge < -0.3 is 0 Å². The molecule has 0 heterocycles. The van der Waals surface area contributed by atoms with Crippen molar-refractivity contribution < 1.29 is 20.5 Å². The van der Waals surface area contributed by atoms with Crippen molar-refractivity contribution in [3.63, 3.8) is 0 Å². The fourth-order valence-corrected chi connectivity index (χ4v) is 1.20. The van der Waals surface area contributed by atoms with E-state index in [0.29, 0.717) is 0 Å². The van der Waals surface area contributed by atoms with E-state index in [2.05, 4.69) is 48.9 Å². The third-order valence-electron chi connectivity index (χ3n) is 1.77. The van der Waals surface area contributed by atoms with Crippen LogP contribution >= 0.6 is 17.2 Å². The minimum absolute atomic E-state index is 0.972. The van der Waals surface area contributed by atoms with Crippen molar-refractivity contribution in [1.82, 2.24) is 0 Å². The second-order valence-electron chi connectivity index (χ2n) is 2.61.